The van der Waals surface area contributed by atoms with Gasteiger partial charge in [0.15, 0.2) is 0 Å². The number of nitrogens with zero attached hydrogens (tertiary/aromatic N) is 3. The molecule has 0 bridgehead atoms. The Morgan fingerprint density at radius 2 is 1.96 bits per heavy atom. The van der Waals surface area contributed by atoms with Gasteiger partial charge in [-0.05, 0) is 37.9 Å². The summed E-state index contributed by atoms with van der Waals surface area (Å²) in [7, 11) is 0. The molecule has 1 amide bonds. The van der Waals surface area contributed by atoms with E-state index in [2.05, 4.69) is 17.3 Å². The van der Waals surface area contributed by atoms with Gasteiger partial charge in [0, 0.05) is 12.1 Å². The molecule has 7 nitrogen and oxygen atoms in total. The zero-order valence-corrected chi connectivity index (χ0v) is 16.5. The van der Waals surface area contributed by atoms with Crippen LogP contribution in [0.1, 0.15) is 49.2 Å². The summed E-state index contributed by atoms with van der Waals surface area (Å²) >= 11 is 0. The molecule has 3 rings (SSSR count). The summed E-state index contributed by atoms with van der Waals surface area (Å²) in [4.78, 5) is 25.7. The van der Waals surface area contributed by atoms with Crippen molar-refractivity contribution in [3.63, 3.8) is 0 Å². The van der Waals surface area contributed by atoms with Crippen LogP contribution in [0.2, 0.25) is 0 Å². The Hall–Kier alpha value is -2.67. The molecule has 1 aromatic heterocycles. The molecular formula is C21H28N4O3. The molecule has 2 N–H and O–H groups in total. The predicted octanol–water partition coefficient (Wildman–Crippen LogP) is 2.49. The average molecular weight is 384 g/mol. The second kappa shape index (κ2) is 9.01. The SMILES string of the molecule is CCCc1c(C(=O)NC2CC(N(CC)CC(=O)O)C2)cnn1-c1ccccc1. The Morgan fingerprint density at radius 3 is 2.57 bits per heavy atom. The fourth-order valence-electron chi connectivity index (χ4n) is 3.77. The third-order valence-electron chi connectivity index (χ3n) is 5.31. The van der Waals surface area contributed by atoms with E-state index in [0.29, 0.717) is 12.1 Å². The number of aliphatic carboxylic acids is 1. The summed E-state index contributed by atoms with van der Waals surface area (Å²) < 4.78 is 1.84. The number of hydrogen-bond acceptors (Lipinski definition) is 4. The van der Waals surface area contributed by atoms with Crippen LogP contribution in [-0.4, -0.2) is 56.8 Å². The van der Waals surface area contributed by atoms with Gasteiger partial charge in [0.05, 0.1) is 29.7 Å². The summed E-state index contributed by atoms with van der Waals surface area (Å²) in [6.07, 6.45) is 4.90. The highest BCUT2D eigenvalue weighted by atomic mass is 16.4. The number of nitrogens with one attached hydrogen (secondary N) is 1. The minimum Gasteiger partial charge on any atom is -0.480 e. The number of para-hydroxylation sites is 1. The Labute approximate surface area is 165 Å². The minimum absolute atomic E-state index is 0.0479. The Kier molecular flexibility index (Phi) is 6.46. The first-order chi connectivity index (χ1) is 13.5. The lowest BCUT2D eigenvalue weighted by atomic mass is 9.85. The van der Waals surface area contributed by atoms with Crippen LogP contribution in [0.5, 0.6) is 0 Å². The number of carbonyl (C=O) groups is 2. The number of aromatic nitrogens is 2. The third kappa shape index (κ3) is 4.42. The van der Waals surface area contributed by atoms with E-state index in [1.165, 1.54) is 0 Å². The summed E-state index contributed by atoms with van der Waals surface area (Å²) in [5.41, 5.74) is 2.48. The minimum atomic E-state index is -0.813. The van der Waals surface area contributed by atoms with Crippen LogP contribution < -0.4 is 5.32 Å². The van der Waals surface area contributed by atoms with Crippen LogP contribution >= 0.6 is 0 Å². The maximum Gasteiger partial charge on any atom is 0.317 e. The molecule has 0 spiro atoms. The fraction of sp³-hybridized carbons (Fsp3) is 0.476. The van der Waals surface area contributed by atoms with Crippen molar-refractivity contribution in [2.45, 2.75) is 51.6 Å². The van der Waals surface area contributed by atoms with Crippen molar-refractivity contribution >= 4 is 11.9 Å². The van der Waals surface area contributed by atoms with E-state index in [1.807, 2.05) is 46.8 Å². The molecule has 1 aliphatic carbocycles. The van der Waals surface area contributed by atoms with Crippen molar-refractivity contribution < 1.29 is 14.7 Å². The lowest BCUT2D eigenvalue weighted by molar-refractivity contribution is -0.139. The highest BCUT2D eigenvalue weighted by Gasteiger charge is 2.35. The van der Waals surface area contributed by atoms with Crippen LogP contribution in [0.15, 0.2) is 36.5 Å². The Morgan fingerprint density at radius 1 is 1.25 bits per heavy atom. The average Bonchev–Trinajstić information content (AvgIpc) is 3.07. The first-order valence-electron chi connectivity index (χ1n) is 9.92. The van der Waals surface area contributed by atoms with Crippen molar-refractivity contribution in [2.75, 3.05) is 13.1 Å². The first kappa shape index (κ1) is 20.1. The van der Waals surface area contributed by atoms with E-state index in [-0.39, 0.29) is 24.5 Å². The van der Waals surface area contributed by atoms with Crippen LogP contribution in [0, 0.1) is 0 Å². The molecule has 1 fully saturated rings. The van der Waals surface area contributed by atoms with Gasteiger partial charge < -0.3 is 10.4 Å². The molecule has 1 aromatic carbocycles. The lowest BCUT2D eigenvalue weighted by Gasteiger charge is -2.42. The number of amides is 1. The second-order valence-corrected chi connectivity index (χ2v) is 7.25. The van der Waals surface area contributed by atoms with Gasteiger partial charge in [0.2, 0.25) is 0 Å². The van der Waals surface area contributed by atoms with Gasteiger partial charge in [0.25, 0.3) is 5.91 Å². The van der Waals surface area contributed by atoms with Crippen LogP contribution in [-0.2, 0) is 11.2 Å². The van der Waals surface area contributed by atoms with Crippen molar-refractivity contribution in [2.24, 2.45) is 0 Å². The van der Waals surface area contributed by atoms with Gasteiger partial charge in [-0.1, -0.05) is 38.5 Å². The van der Waals surface area contributed by atoms with Crippen LogP contribution in [0.4, 0.5) is 0 Å². The highest BCUT2D eigenvalue weighted by molar-refractivity contribution is 5.95. The van der Waals surface area contributed by atoms with Crippen molar-refractivity contribution in [1.29, 1.82) is 0 Å². The van der Waals surface area contributed by atoms with Crippen molar-refractivity contribution in [3.05, 3.63) is 47.8 Å². The van der Waals surface area contributed by atoms with Gasteiger partial charge in [0.1, 0.15) is 0 Å². The molecule has 1 aliphatic rings. The topological polar surface area (TPSA) is 87.5 Å². The molecule has 28 heavy (non-hydrogen) atoms. The van der Waals surface area contributed by atoms with E-state index in [9.17, 15) is 9.59 Å². The lowest BCUT2D eigenvalue weighted by Crippen LogP contribution is -2.54. The highest BCUT2D eigenvalue weighted by Crippen LogP contribution is 2.26. The molecule has 150 valence electrons. The summed E-state index contributed by atoms with van der Waals surface area (Å²) in [5, 5.41) is 16.5. The quantitative estimate of drug-likeness (QED) is 0.694. The molecule has 0 radical (unpaired) electrons. The fourth-order valence-corrected chi connectivity index (χ4v) is 3.77. The molecule has 0 atom stereocenters. The van der Waals surface area contributed by atoms with Gasteiger partial charge in [-0.3, -0.25) is 14.5 Å². The zero-order valence-electron chi connectivity index (χ0n) is 16.5. The van der Waals surface area contributed by atoms with Gasteiger partial charge in [-0.2, -0.15) is 5.10 Å². The maximum atomic E-state index is 12.8. The number of rotatable bonds is 9. The van der Waals surface area contributed by atoms with Gasteiger partial charge >= 0.3 is 5.97 Å². The number of likely N-dealkylation sites (N-methyl/N-ethyl adjacent to an activating group) is 1. The van der Waals surface area contributed by atoms with E-state index in [1.54, 1.807) is 6.20 Å². The van der Waals surface area contributed by atoms with Crippen LogP contribution in [0.3, 0.4) is 0 Å². The molecule has 1 saturated carbocycles. The van der Waals surface area contributed by atoms with Gasteiger partial charge in [-0.25, -0.2) is 4.68 Å². The molecule has 1 heterocycles. The number of benzene rings is 1. The number of carboxylic acids is 1. The van der Waals surface area contributed by atoms with Crippen molar-refractivity contribution in [3.8, 4) is 5.69 Å². The summed E-state index contributed by atoms with van der Waals surface area (Å²) in [6.45, 7) is 4.79. The molecule has 0 aliphatic heterocycles. The number of carboxylic acid groups (broad SMARTS) is 1. The number of hydrogen-bond donors (Lipinski definition) is 2. The molecule has 0 saturated heterocycles. The van der Waals surface area contributed by atoms with E-state index >= 15 is 0 Å². The third-order valence-corrected chi connectivity index (χ3v) is 5.31. The Balaban J connectivity index is 1.66. The summed E-state index contributed by atoms with van der Waals surface area (Å²) in [5.74, 6) is -0.915. The monoisotopic (exact) mass is 384 g/mol. The molecule has 7 heteroatoms. The molecule has 2 aromatic rings. The second-order valence-electron chi connectivity index (χ2n) is 7.25. The Bertz CT molecular complexity index is 812. The standard InChI is InChI=1S/C21H28N4O3/c1-3-8-19-18(13-22-25(19)16-9-6-5-7-10-16)21(28)23-15-11-17(12-15)24(4-2)14-20(26)27/h5-7,9-10,13,15,17H,3-4,8,11-12,14H2,1-2H3,(H,23,28)(H,26,27). The molecule has 0 unspecified atom stereocenters. The molecular weight excluding hydrogens is 356 g/mol. The van der Waals surface area contributed by atoms with Crippen LogP contribution in [0.25, 0.3) is 5.69 Å². The van der Waals surface area contributed by atoms with Crippen molar-refractivity contribution in [1.82, 2.24) is 20.0 Å². The maximum absolute atomic E-state index is 12.8. The zero-order chi connectivity index (χ0) is 20.1. The predicted molar refractivity (Wildman–Crippen MR) is 107 cm³/mol. The normalized spacial score (nSPS) is 18.7. The first-order valence-corrected chi connectivity index (χ1v) is 9.92. The van der Waals surface area contributed by atoms with E-state index < -0.39 is 5.97 Å². The van der Waals surface area contributed by atoms with E-state index in [0.717, 1.165) is 37.1 Å². The largest absolute Gasteiger partial charge is 0.480 e. The smallest absolute Gasteiger partial charge is 0.317 e. The number of carbonyl (C=O) groups excluding carboxylic acids is 1. The van der Waals surface area contributed by atoms with Gasteiger partial charge in [-0.15, -0.1) is 0 Å². The summed E-state index contributed by atoms with van der Waals surface area (Å²) in [6, 6.07) is 10.1. The van der Waals surface area contributed by atoms with E-state index in [4.69, 9.17) is 5.11 Å².